The van der Waals surface area contributed by atoms with Gasteiger partial charge in [0.1, 0.15) is 6.54 Å². The summed E-state index contributed by atoms with van der Waals surface area (Å²) in [5.41, 5.74) is 1.09. The number of pyridine rings is 1. The van der Waals surface area contributed by atoms with Gasteiger partial charge in [-0.05, 0) is 31.8 Å². The first-order valence-electron chi connectivity index (χ1n) is 7.62. The first-order chi connectivity index (χ1) is 12.1. The predicted octanol–water partition coefficient (Wildman–Crippen LogP) is 4.17. The molecule has 0 saturated carbocycles. The number of fused-ring (bicyclic) bond motifs is 3. The molecule has 0 amide bonds. The van der Waals surface area contributed by atoms with Gasteiger partial charge in [0.2, 0.25) is 0 Å². The molecule has 2 heterocycles. The molecule has 0 aliphatic heterocycles. The Bertz CT molecular complexity index is 1010. The molecule has 0 atom stereocenters. The zero-order valence-corrected chi connectivity index (χ0v) is 14.7. The molecule has 0 aliphatic carbocycles. The van der Waals surface area contributed by atoms with E-state index in [1.165, 1.54) is 0 Å². The molecule has 0 bridgehead atoms. The van der Waals surface area contributed by atoms with Crippen LogP contribution in [0.15, 0.2) is 24.4 Å². The van der Waals surface area contributed by atoms with Crippen LogP contribution in [0.3, 0.4) is 0 Å². The van der Waals surface area contributed by atoms with Crippen LogP contribution in [0.1, 0.15) is 15.9 Å². The number of carboxylic acid groups (broad SMARTS) is 1. The van der Waals surface area contributed by atoms with Crippen molar-refractivity contribution in [3.63, 3.8) is 0 Å². The second kappa shape index (κ2) is 6.44. The van der Waals surface area contributed by atoms with E-state index < -0.39 is 18.7 Å². The number of benzene rings is 1. The molecule has 138 valence electrons. The largest absolute Gasteiger partial charge is 0.478 e. The number of aromatic nitrogens is 2. The van der Waals surface area contributed by atoms with Crippen molar-refractivity contribution in [1.82, 2.24) is 14.5 Å². The summed E-state index contributed by atoms with van der Waals surface area (Å²) in [6, 6.07) is 5.08. The van der Waals surface area contributed by atoms with Crippen LogP contribution in [0.5, 0.6) is 0 Å². The SMILES string of the molecule is CN(C)Cc1ccc2c(c1)c1ncc(C(=O)O)c(Cl)c1n2CC(F)(F)F. The van der Waals surface area contributed by atoms with E-state index >= 15 is 0 Å². The van der Waals surface area contributed by atoms with Crippen molar-refractivity contribution >= 4 is 39.5 Å². The number of halogens is 4. The minimum absolute atomic E-state index is 0.0269. The minimum Gasteiger partial charge on any atom is -0.478 e. The number of nitrogens with zero attached hydrogens (tertiary/aromatic N) is 3. The lowest BCUT2D eigenvalue weighted by Gasteiger charge is -2.12. The highest BCUT2D eigenvalue weighted by Crippen LogP contribution is 2.36. The van der Waals surface area contributed by atoms with Crippen molar-refractivity contribution in [2.24, 2.45) is 0 Å². The third-order valence-electron chi connectivity index (χ3n) is 3.93. The van der Waals surface area contributed by atoms with Crippen LogP contribution >= 0.6 is 11.6 Å². The Labute approximate surface area is 151 Å². The van der Waals surface area contributed by atoms with E-state index in [1.807, 2.05) is 19.0 Å². The highest BCUT2D eigenvalue weighted by molar-refractivity contribution is 6.38. The van der Waals surface area contributed by atoms with Gasteiger partial charge in [-0.2, -0.15) is 13.2 Å². The van der Waals surface area contributed by atoms with E-state index in [9.17, 15) is 23.1 Å². The maximum Gasteiger partial charge on any atom is 0.406 e. The van der Waals surface area contributed by atoms with E-state index in [0.29, 0.717) is 17.4 Å². The highest BCUT2D eigenvalue weighted by atomic mass is 35.5. The van der Waals surface area contributed by atoms with Gasteiger partial charge >= 0.3 is 12.1 Å². The lowest BCUT2D eigenvalue weighted by atomic mass is 10.1. The fourth-order valence-corrected chi connectivity index (χ4v) is 3.33. The summed E-state index contributed by atoms with van der Waals surface area (Å²) in [6.45, 7) is -0.687. The summed E-state index contributed by atoms with van der Waals surface area (Å²) in [6.07, 6.45) is -3.42. The number of carbonyl (C=O) groups is 1. The van der Waals surface area contributed by atoms with Gasteiger partial charge in [-0.15, -0.1) is 0 Å². The van der Waals surface area contributed by atoms with Gasteiger partial charge in [0, 0.05) is 18.1 Å². The summed E-state index contributed by atoms with van der Waals surface area (Å²) < 4.78 is 40.3. The lowest BCUT2D eigenvalue weighted by molar-refractivity contribution is -0.139. The number of hydrogen-bond acceptors (Lipinski definition) is 3. The topological polar surface area (TPSA) is 58.4 Å². The van der Waals surface area contributed by atoms with Crippen molar-refractivity contribution in [3.8, 4) is 0 Å². The number of aromatic carboxylic acids is 1. The molecule has 0 saturated heterocycles. The average Bonchev–Trinajstić information content (AvgIpc) is 2.79. The normalized spacial score (nSPS) is 12.4. The predicted molar refractivity (Wildman–Crippen MR) is 92.7 cm³/mol. The van der Waals surface area contributed by atoms with Gasteiger partial charge in [0.05, 0.1) is 27.1 Å². The zero-order chi connectivity index (χ0) is 19.2. The zero-order valence-electron chi connectivity index (χ0n) is 13.9. The maximum absolute atomic E-state index is 13.1. The molecule has 1 aromatic carbocycles. The standard InChI is InChI=1S/C17H15ClF3N3O2/c1-23(2)7-9-3-4-12-10(5-9)14-15(24(12)8-17(19,20)21)13(18)11(6-22-14)16(25)26/h3-6H,7-8H2,1-2H3,(H,25,26). The van der Waals surface area contributed by atoms with Crippen LogP contribution < -0.4 is 0 Å². The van der Waals surface area contributed by atoms with Gasteiger partial charge in [0.15, 0.2) is 0 Å². The van der Waals surface area contributed by atoms with Crippen LogP contribution in [-0.2, 0) is 13.1 Å². The molecule has 0 radical (unpaired) electrons. The number of alkyl halides is 3. The second-order valence-electron chi connectivity index (χ2n) is 6.28. The molecule has 3 aromatic rings. The molecular weight excluding hydrogens is 371 g/mol. The number of hydrogen-bond donors (Lipinski definition) is 1. The molecule has 5 nitrogen and oxygen atoms in total. The smallest absolute Gasteiger partial charge is 0.406 e. The third kappa shape index (κ3) is 3.34. The second-order valence-corrected chi connectivity index (χ2v) is 6.66. The molecular formula is C17H15ClF3N3O2. The van der Waals surface area contributed by atoms with E-state index in [-0.39, 0.29) is 21.6 Å². The molecule has 3 rings (SSSR count). The highest BCUT2D eigenvalue weighted by Gasteiger charge is 2.31. The molecule has 26 heavy (non-hydrogen) atoms. The summed E-state index contributed by atoms with van der Waals surface area (Å²) >= 11 is 6.15. The summed E-state index contributed by atoms with van der Waals surface area (Å²) in [5.74, 6) is -1.35. The van der Waals surface area contributed by atoms with Crippen LogP contribution in [0.2, 0.25) is 5.02 Å². The third-order valence-corrected chi connectivity index (χ3v) is 4.32. The minimum atomic E-state index is -4.50. The Kier molecular flexibility index (Phi) is 4.58. The Morgan fingerprint density at radius 1 is 1.35 bits per heavy atom. The first kappa shape index (κ1) is 18.5. The van der Waals surface area contributed by atoms with Gasteiger partial charge in [-0.25, -0.2) is 4.79 Å². The first-order valence-corrected chi connectivity index (χ1v) is 8.00. The number of carboxylic acids is 1. The van der Waals surface area contributed by atoms with E-state index in [2.05, 4.69) is 4.98 Å². The molecule has 0 unspecified atom stereocenters. The van der Waals surface area contributed by atoms with Gasteiger partial charge in [-0.1, -0.05) is 17.7 Å². The Hall–Kier alpha value is -2.32. The maximum atomic E-state index is 13.1. The molecule has 0 spiro atoms. The number of rotatable bonds is 4. The summed E-state index contributed by atoms with van der Waals surface area (Å²) in [4.78, 5) is 17.3. The van der Waals surface area contributed by atoms with Crippen molar-refractivity contribution in [2.75, 3.05) is 14.1 Å². The lowest BCUT2D eigenvalue weighted by Crippen LogP contribution is -2.17. The van der Waals surface area contributed by atoms with Crippen molar-refractivity contribution in [2.45, 2.75) is 19.3 Å². The van der Waals surface area contributed by atoms with Crippen molar-refractivity contribution in [3.05, 3.63) is 40.5 Å². The average molecular weight is 386 g/mol. The Morgan fingerprint density at radius 2 is 2.04 bits per heavy atom. The van der Waals surface area contributed by atoms with Gasteiger partial charge in [0.25, 0.3) is 0 Å². The van der Waals surface area contributed by atoms with Crippen LogP contribution in [-0.4, -0.2) is 45.8 Å². The summed E-state index contributed by atoms with van der Waals surface area (Å²) in [5, 5.41) is 9.45. The fraction of sp³-hybridized carbons (Fsp3) is 0.294. The van der Waals surface area contributed by atoms with Crippen LogP contribution in [0.4, 0.5) is 13.2 Å². The van der Waals surface area contributed by atoms with Crippen molar-refractivity contribution < 1.29 is 23.1 Å². The molecule has 0 fully saturated rings. The van der Waals surface area contributed by atoms with Crippen LogP contribution in [0, 0.1) is 0 Å². The molecule has 9 heteroatoms. The van der Waals surface area contributed by atoms with Crippen molar-refractivity contribution in [1.29, 1.82) is 0 Å². The van der Waals surface area contributed by atoms with Crippen LogP contribution in [0.25, 0.3) is 21.9 Å². The monoisotopic (exact) mass is 385 g/mol. The van der Waals surface area contributed by atoms with Gasteiger partial charge < -0.3 is 14.6 Å². The fourth-order valence-electron chi connectivity index (χ4n) is 3.01. The van der Waals surface area contributed by atoms with E-state index in [1.54, 1.807) is 18.2 Å². The molecule has 1 N–H and O–H groups in total. The molecule has 0 aliphatic rings. The van der Waals surface area contributed by atoms with Gasteiger partial charge in [-0.3, -0.25) is 4.98 Å². The summed E-state index contributed by atoms with van der Waals surface area (Å²) in [7, 11) is 3.76. The Balaban J connectivity index is 2.37. The van der Waals surface area contributed by atoms with E-state index in [4.69, 9.17) is 11.6 Å². The molecule has 2 aromatic heterocycles. The quantitative estimate of drug-likeness (QED) is 0.732. The van der Waals surface area contributed by atoms with E-state index in [0.717, 1.165) is 16.3 Å². The Morgan fingerprint density at radius 3 is 2.62 bits per heavy atom.